The van der Waals surface area contributed by atoms with Gasteiger partial charge in [-0.3, -0.25) is 4.98 Å². The van der Waals surface area contributed by atoms with E-state index < -0.39 is 0 Å². The highest BCUT2D eigenvalue weighted by atomic mass is 15.1. The van der Waals surface area contributed by atoms with Crippen molar-refractivity contribution in [3.8, 4) is 0 Å². The molecule has 0 unspecified atom stereocenters. The Kier molecular flexibility index (Phi) is 4.85. The van der Waals surface area contributed by atoms with Crippen molar-refractivity contribution in [3.63, 3.8) is 0 Å². The number of hydrogen-bond acceptors (Lipinski definition) is 3. The zero-order valence-electron chi connectivity index (χ0n) is 12.4. The summed E-state index contributed by atoms with van der Waals surface area (Å²) < 4.78 is 0. The molecule has 1 aromatic carbocycles. The van der Waals surface area contributed by atoms with Crippen LogP contribution in [0.1, 0.15) is 18.4 Å². The van der Waals surface area contributed by atoms with Gasteiger partial charge < -0.3 is 10.2 Å². The Bertz CT molecular complexity index is 516. The van der Waals surface area contributed by atoms with Crippen molar-refractivity contribution in [2.75, 3.05) is 24.5 Å². The maximum atomic E-state index is 4.16. The molecular formula is C18H23N3. The summed E-state index contributed by atoms with van der Waals surface area (Å²) in [5.41, 5.74) is 2.66. The summed E-state index contributed by atoms with van der Waals surface area (Å²) in [5, 5.41) is 3.69. The van der Waals surface area contributed by atoms with Crippen molar-refractivity contribution >= 4 is 5.69 Å². The van der Waals surface area contributed by atoms with Gasteiger partial charge in [0.15, 0.2) is 0 Å². The molecule has 0 spiro atoms. The Balaban J connectivity index is 1.40. The van der Waals surface area contributed by atoms with Gasteiger partial charge in [0.05, 0.1) is 0 Å². The summed E-state index contributed by atoms with van der Waals surface area (Å²) in [4.78, 5) is 6.64. The lowest BCUT2D eigenvalue weighted by atomic mass is 10.0. The number of anilines is 1. The quantitative estimate of drug-likeness (QED) is 0.913. The van der Waals surface area contributed by atoms with Crippen LogP contribution in [-0.4, -0.2) is 30.7 Å². The van der Waals surface area contributed by atoms with E-state index in [0.717, 1.165) is 26.1 Å². The lowest BCUT2D eigenvalue weighted by Crippen LogP contribution is -2.43. The molecule has 2 aromatic rings. The molecule has 1 N–H and O–H groups in total. The van der Waals surface area contributed by atoms with Gasteiger partial charge in [-0.2, -0.15) is 0 Å². The normalized spacial score (nSPS) is 16.1. The van der Waals surface area contributed by atoms with Gasteiger partial charge in [-0.1, -0.05) is 24.3 Å². The van der Waals surface area contributed by atoms with E-state index in [4.69, 9.17) is 0 Å². The summed E-state index contributed by atoms with van der Waals surface area (Å²) in [6.07, 6.45) is 7.30. The number of piperidine rings is 1. The van der Waals surface area contributed by atoms with E-state index in [1.165, 1.54) is 24.1 Å². The average molecular weight is 281 g/mol. The van der Waals surface area contributed by atoms with Crippen LogP contribution in [0.3, 0.4) is 0 Å². The zero-order chi connectivity index (χ0) is 14.3. The molecule has 0 radical (unpaired) electrons. The maximum absolute atomic E-state index is 4.16. The van der Waals surface area contributed by atoms with Crippen LogP contribution in [0.5, 0.6) is 0 Å². The van der Waals surface area contributed by atoms with Crippen LogP contribution in [0.25, 0.3) is 0 Å². The number of rotatable bonds is 5. The van der Waals surface area contributed by atoms with Gasteiger partial charge in [-0.05, 0) is 49.6 Å². The Hall–Kier alpha value is -1.87. The van der Waals surface area contributed by atoms with Crippen LogP contribution >= 0.6 is 0 Å². The number of benzene rings is 1. The molecule has 1 aliphatic heterocycles. The van der Waals surface area contributed by atoms with Gasteiger partial charge >= 0.3 is 0 Å². The van der Waals surface area contributed by atoms with Gasteiger partial charge in [-0.15, -0.1) is 0 Å². The Labute approximate surface area is 127 Å². The number of nitrogens with one attached hydrogen (secondary N) is 1. The van der Waals surface area contributed by atoms with Crippen molar-refractivity contribution in [3.05, 3.63) is 60.4 Å². The Morgan fingerprint density at radius 3 is 2.57 bits per heavy atom. The van der Waals surface area contributed by atoms with E-state index >= 15 is 0 Å². The molecule has 0 amide bonds. The summed E-state index contributed by atoms with van der Waals surface area (Å²) >= 11 is 0. The molecule has 3 nitrogen and oxygen atoms in total. The van der Waals surface area contributed by atoms with E-state index in [0.29, 0.717) is 6.04 Å². The van der Waals surface area contributed by atoms with E-state index in [1.807, 2.05) is 18.5 Å². The van der Waals surface area contributed by atoms with Crippen LogP contribution in [-0.2, 0) is 6.42 Å². The van der Waals surface area contributed by atoms with E-state index in [1.54, 1.807) is 0 Å². The lowest BCUT2D eigenvalue weighted by molar-refractivity contribution is 0.417. The fourth-order valence-electron chi connectivity index (χ4n) is 2.95. The van der Waals surface area contributed by atoms with Crippen molar-refractivity contribution < 1.29 is 0 Å². The van der Waals surface area contributed by atoms with Crippen LogP contribution in [0, 0.1) is 0 Å². The van der Waals surface area contributed by atoms with Crippen LogP contribution in [0.15, 0.2) is 54.9 Å². The third-order valence-corrected chi connectivity index (χ3v) is 4.19. The first-order valence-electron chi connectivity index (χ1n) is 7.84. The maximum Gasteiger partial charge on any atom is 0.0366 e. The monoisotopic (exact) mass is 281 g/mol. The van der Waals surface area contributed by atoms with Crippen molar-refractivity contribution in [1.29, 1.82) is 0 Å². The molecule has 2 heterocycles. The molecule has 1 aliphatic rings. The molecule has 3 rings (SSSR count). The molecule has 0 saturated carbocycles. The molecule has 0 bridgehead atoms. The molecule has 0 atom stereocenters. The van der Waals surface area contributed by atoms with E-state index in [-0.39, 0.29) is 0 Å². The first kappa shape index (κ1) is 14.1. The highest BCUT2D eigenvalue weighted by molar-refractivity contribution is 5.46. The molecule has 110 valence electrons. The minimum absolute atomic E-state index is 0.654. The molecule has 1 aromatic heterocycles. The predicted molar refractivity (Wildman–Crippen MR) is 87.6 cm³/mol. The third kappa shape index (κ3) is 4.05. The first-order valence-corrected chi connectivity index (χ1v) is 7.84. The minimum Gasteiger partial charge on any atom is -0.371 e. The first-order chi connectivity index (χ1) is 10.4. The zero-order valence-corrected chi connectivity index (χ0v) is 12.4. The summed E-state index contributed by atoms with van der Waals surface area (Å²) in [6, 6.07) is 15.5. The van der Waals surface area contributed by atoms with Crippen molar-refractivity contribution in [2.24, 2.45) is 0 Å². The number of aromatic nitrogens is 1. The molecular weight excluding hydrogens is 258 g/mol. The SMILES string of the molecule is c1ccc(N2CCC(NCCc3cccnc3)CC2)cc1. The summed E-state index contributed by atoms with van der Waals surface area (Å²) in [6.45, 7) is 3.34. The van der Waals surface area contributed by atoms with E-state index in [9.17, 15) is 0 Å². The topological polar surface area (TPSA) is 28.2 Å². The summed E-state index contributed by atoms with van der Waals surface area (Å²) in [7, 11) is 0. The highest BCUT2D eigenvalue weighted by Gasteiger charge is 2.18. The van der Waals surface area contributed by atoms with Crippen molar-refractivity contribution in [2.45, 2.75) is 25.3 Å². The number of nitrogens with zero attached hydrogens (tertiary/aromatic N) is 2. The standard InChI is InChI=1S/C18H23N3/c1-2-6-18(7-3-1)21-13-9-17(10-14-21)20-12-8-16-5-4-11-19-15-16/h1-7,11,15,17,20H,8-10,12-14H2. The second kappa shape index (κ2) is 7.23. The van der Waals surface area contributed by atoms with E-state index in [2.05, 4.69) is 51.6 Å². The molecule has 3 heteroatoms. The van der Waals surface area contributed by atoms with Gasteiger partial charge in [0.25, 0.3) is 0 Å². The molecule has 1 fully saturated rings. The van der Waals surface area contributed by atoms with Gasteiger partial charge in [0.2, 0.25) is 0 Å². The van der Waals surface area contributed by atoms with Crippen LogP contribution in [0.2, 0.25) is 0 Å². The second-order valence-electron chi connectivity index (χ2n) is 5.66. The number of hydrogen-bond donors (Lipinski definition) is 1. The Morgan fingerprint density at radius 2 is 1.86 bits per heavy atom. The molecule has 0 aliphatic carbocycles. The minimum atomic E-state index is 0.654. The van der Waals surface area contributed by atoms with Crippen LogP contribution in [0.4, 0.5) is 5.69 Å². The van der Waals surface area contributed by atoms with Crippen molar-refractivity contribution in [1.82, 2.24) is 10.3 Å². The predicted octanol–water partition coefficient (Wildman–Crippen LogP) is 2.88. The van der Waals surface area contributed by atoms with Gasteiger partial charge in [0.1, 0.15) is 0 Å². The van der Waals surface area contributed by atoms with Crippen LogP contribution < -0.4 is 10.2 Å². The average Bonchev–Trinajstić information content (AvgIpc) is 2.57. The number of para-hydroxylation sites is 1. The second-order valence-corrected chi connectivity index (χ2v) is 5.66. The summed E-state index contributed by atoms with van der Waals surface area (Å²) in [5.74, 6) is 0. The Morgan fingerprint density at radius 1 is 1.05 bits per heavy atom. The number of pyridine rings is 1. The lowest BCUT2D eigenvalue weighted by Gasteiger charge is -2.34. The molecule has 21 heavy (non-hydrogen) atoms. The fourth-order valence-corrected chi connectivity index (χ4v) is 2.95. The fraction of sp³-hybridized carbons (Fsp3) is 0.389. The smallest absolute Gasteiger partial charge is 0.0366 e. The third-order valence-electron chi connectivity index (χ3n) is 4.19. The highest BCUT2D eigenvalue weighted by Crippen LogP contribution is 2.19. The van der Waals surface area contributed by atoms with Gasteiger partial charge in [0, 0.05) is 37.2 Å². The molecule has 1 saturated heterocycles. The van der Waals surface area contributed by atoms with Gasteiger partial charge in [-0.25, -0.2) is 0 Å². The largest absolute Gasteiger partial charge is 0.371 e.